The Hall–Kier alpha value is -3.87. The van der Waals surface area contributed by atoms with E-state index in [2.05, 4.69) is 17.0 Å². The van der Waals surface area contributed by atoms with E-state index in [-0.39, 0.29) is 12.4 Å². The van der Waals surface area contributed by atoms with Crippen molar-refractivity contribution in [1.29, 1.82) is 0 Å². The van der Waals surface area contributed by atoms with Crippen LogP contribution in [0.5, 0.6) is 17.2 Å². The van der Waals surface area contributed by atoms with E-state index < -0.39 is 0 Å². The number of Topliss-reactive ketones (excluding diaryl/α,β-unsaturated/α-hetero) is 1. The number of ketones is 1. The molecule has 0 bridgehead atoms. The Labute approximate surface area is 212 Å². The summed E-state index contributed by atoms with van der Waals surface area (Å²) in [7, 11) is 4.77. The van der Waals surface area contributed by atoms with Crippen molar-refractivity contribution in [2.45, 2.75) is 13.2 Å². The molecular formula is C30H31NO5. The maximum atomic E-state index is 13.6. The van der Waals surface area contributed by atoms with Crippen molar-refractivity contribution in [3.63, 3.8) is 0 Å². The van der Waals surface area contributed by atoms with Gasteiger partial charge in [0, 0.05) is 36.3 Å². The Bertz CT molecular complexity index is 1200. The van der Waals surface area contributed by atoms with Crippen LogP contribution in [-0.4, -0.2) is 50.2 Å². The van der Waals surface area contributed by atoms with Crippen molar-refractivity contribution < 1.29 is 24.1 Å². The molecule has 0 aliphatic carbocycles. The standard InChI is InChI=1S/C30H31NO5/c1-34-27-12-10-23(16-29(27)36-3)14-26-19-31(17-21-7-5-4-6-8-21)18-25(30(26)33)13-22-9-11-24(20-32)28(15-22)35-2/h4-16,32H,17-20H2,1-3H3/b25-13+,26-14+. The number of rotatable bonds is 8. The number of aliphatic hydroxyl groups is 1. The van der Waals surface area contributed by atoms with Crippen LogP contribution < -0.4 is 14.2 Å². The second kappa shape index (κ2) is 11.7. The Kier molecular flexibility index (Phi) is 8.21. The van der Waals surface area contributed by atoms with Gasteiger partial charge in [-0.1, -0.05) is 48.5 Å². The number of ether oxygens (including phenoxy) is 3. The van der Waals surface area contributed by atoms with Gasteiger partial charge in [0.15, 0.2) is 17.3 Å². The van der Waals surface area contributed by atoms with Crippen molar-refractivity contribution in [3.05, 3.63) is 100 Å². The smallest absolute Gasteiger partial charge is 0.187 e. The Morgan fingerprint density at radius 3 is 1.94 bits per heavy atom. The van der Waals surface area contributed by atoms with E-state index in [9.17, 15) is 9.90 Å². The lowest BCUT2D eigenvalue weighted by molar-refractivity contribution is -0.113. The minimum atomic E-state index is -0.109. The minimum Gasteiger partial charge on any atom is -0.496 e. The number of likely N-dealkylation sites (tertiary alicyclic amines) is 1. The van der Waals surface area contributed by atoms with E-state index in [4.69, 9.17) is 14.2 Å². The summed E-state index contributed by atoms with van der Waals surface area (Å²) < 4.78 is 16.2. The van der Waals surface area contributed by atoms with Crippen molar-refractivity contribution in [3.8, 4) is 17.2 Å². The third-order valence-electron chi connectivity index (χ3n) is 6.19. The first-order chi connectivity index (χ1) is 17.5. The van der Waals surface area contributed by atoms with Crippen LogP contribution in [0.15, 0.2) is 77.9 Å². The molecule has 3 aromatic rings. The maximum Gasteiger partial charge on any atom is 0.187 e. The summed E-state index contributed by atoms with van der Waals surface area (Å²) in [4.78, 5) is 15.9. The van der Waals surface area contributed by atoms with Gasteiger partial charge in [0.05, 0.1) is 27.9 Å². The summed E-state index contributed by atoms with van der Waals surface area (Å²) in [5.74, 6) is 1.86. The lowest BCUT2D eigenvalue weighted by Gasteiger charge is -2.30. The highest BCUT2D eigenvalue weighted by Gasteiger charge is 2.26. The van der Waals surface area contributed by atoms with Crippen molar-refractivity contribution >= 4 is 17.9 Å². The highest BCUT2D eigenvalue weighted by Crippen LogP contribution is 2.30. The number of nitrogens with zero attached hydrogens (tertiary/aromatic N) is 1. The first-order valence-corrected chi connectivity index (χ1v) is 11.8. The number of hydrogen-bond acceptors (Lipinski definition) is 6. The van der Waals surface area contributed by atoms with Gasteiger partial charge in [0.25, 0.3) is 0 Å². The monoisotopic (exact) mass is 485 g/mol. The average molecular weight is 486 g/mol. The van der Waals surface area contributed by atoms with E-state index >= 15 is 0 Å². The van der Waals surface area contributed by atoms with Crippen LogP contribution in [0.25, 0.3) is 12.2 Å². The molecule has 1 N–H and O–H groups in total. The lowest BCUT2D eigenvalue weighted by atomic mass is 9.93. The van der Waals surface area contributed by atoms with Gasteiger partial charge < -0.3 is 19.3 Å². The first kappa shape index (κ1) is 25.2. The highest BCUT2D eigenvalue weighted by atomic mass is 16.5. The number of benzene rings is 3. The van der Waals surface area contributed by atoms with E-state index in [0.717, 1.165) is 17.7 Å². The van der Waals surface area contributed by atoms with E-state index in [1.165, 1.54) is 5.56 Å². The molecule has 36 heavy (non-hydrogen) atoms. The fraction of sp³-hybridized carbons (Fsp3) is 0.233. The number of aliphatic hydroxyl groups excluding tert-OH is 1. The molecule has 0 atom stereocenters. The average Bonchev–Trinajstić information content (AvgIpc) is 2.91. The van der Waals surface area contributed by atoms with Gasteiger partial charge in [-0.25, -0.2) is 0 Å². The predicted molar refractivity (Wildman–Crippen MR) is 141 cm³/mol. The van der Waals surface area contributed by atoms with Crippen LogP contribution in [0.4, 0.5) is 0 Å². The third-order valence-corrected chi connectivity index (χ3v) is 6.19. The summed E-state index contributed by atoms with van der Waals surface area (Å²) in [5, 5.41) is 9.54. The van der Waals surface area contributed by atoms with Crippen LogP contribution in [0.3, 0.4) is 0 Å². The quantitative estimate of drug-likeness (QED) is 0.464. The first-order valence-electron chi connectivity index (χ1n) is 11.8. The molecule has 6 heteroatoms. The van der Waals surface area contributed by atoms with Crippen LogP contribution in [-0.2, 0) is 17.9 Å². The Morgan fingerprint density at radius 1 is 0.778 bits per heavy atom. The van der Waals surface area contributed by atoms with Crippen molar-refractivity contribution in [1.82, 2.24) is 4.90 Å². The van der Waals surface area contributed by atoms with Gasteiger partial charge in [-0.05, 0) is 47.0 Å². The molecule has 0 aromatic heterocycles. The molecule has 186 valence electrons. The zero-order valence-corrected chi connectivity index (χ0v) is 20.9. The maximum absolute atomic E-state index is 13.6. The topological polar surface area (TPSA) is 68.2 Å². The van der Waals surface area contributed by atoms with Gasteiger partial charge in [-0.3, -0.25) is 9.69 Å². The summed E-state index contributed by atoms with van der Waals surface area (Å²) in [6.45, 7) is 1.68. The molecule has 1 saturated heterocycles. The van der Waals surface area contributed by atoms with Crippen LogP contribution in [0, 0.1) is 0 Å². The summed E-state index contributed by atoms with van der Waals surface area (Å²) in [6, 6.07) is 21.4. The summed E-state index contributed by atoms with van der Waals surface area (Å²) >= 11 is 0. The molecule has 1 fully saturated rings. The molecule has 0 saturated carbocycles. The molecule has 1 aliphatic heterocycles. The molecule has 0 radical (unpaired) electrons. The lowest BCUT2D eigenvalue weighted by Crippen LogP contribution is -2.37. The van der Waals surface area contributed by atoms with Gasteiger partial charge >= 0.3 is 0 Å². The van der Waals surface area contributed by atoms with E-state index in [1.54, 1.807) is 21.3 Å². The zero-order valence-electron chi connectivity index (χ0n) is 20.9. The normalized spacial score (nSPS) is 16.4. The third kappa shape index (κ3) is 5.85. The Balaban J connectivity index is 1.71. The minimum absolute atomic E-state index is 0.0132. The number of carbonyl (C=O) groups excluding carboxylic acids is 1. The SMILES string of the molecule is COc1cc(/C=C2\CN(Cc3ccccc3)C/C(=C\c3ccc(OC)c(OC)c3)C2=O)ccc1CO. The van der Waals surface area contributed by atoms with Crippen LogP contribution in [0.2, 0.25) is 0 Å². The van der Waals surface area contributed by atoms with Gasteiger partial charge in [-0.15, -0.1) is 0 Å². The summed E-state index contributed by atoms with van der Waals surface area (Å²) in [5.41, 5.74) is 5.00. The highest BCUT2D eigenvalue weighted by molar-refractivity contribution is 6.14. The summed E-state index contributed by atoms with van der Waals surface area (Å²) in [6.07, 6.45) is 3.83. The number of hydrogen-bond donors (Lipinski definition) is 1. The molecule has 4 rings (SSSR count). The van der Waals surface area contributed by atoms with Gasteiger partial charge in [0.1, 0.15) is 5.75 Å². The van der Waals surface area contributed by atoms with E-state index in [1.807, 2.05) is 66.7 Å². The fourth-order valence-corrected chi connectivity index (χ4v) is 4.39. The molecule has 1 aliphatic rings. The second-order valence-corrected chi connectivity index (χ2v) is 8.64. The van der Waals surface area contributed by atoms with Gasteiger partial charge in [-0.2, -0.15) is 0 Å². The van der Waals surface area contributed by atoms with Crippen LogP contribution in [0.1, 0.15) is 22.3 Å². The van der Waals surface area contributed by atoms with Crippen molar-refractivity contribution in [2.24, 2.45) is 0 Å². The van der Waals surface area contributed by atoms with Gasteiger partial charge in [0.2, 0.25) is 0 Å². The molecule has 0 spiro atoms. The van der Waals surface area contributed by atoms with E-state index in [0.29, 0.717) is 47.0 Å². The zero-order chi connectivity index (χ0) is 25.5. The molecular weight excluding hydrogens is 454 g/mol. The molecule has 1 heterocycles. The van der Waals surface area contributed by atoms with Crippen molar-refractivity contribution in [2.75, 3.05) is 34.4 Å². The largest absolute Gasteiger partial charge is 0.496 e. The second-order valence-electron chi connectivity index (χ2n) is 8.64. The fourth-order valence-electron chi connectivity index (χ4n) is 4.39. The Morgan fingerprint density at radius 2 is 1.36 bits per heavy atom. The predicted octanol–water partition coefficient (Wildman–Crippen LogP) is 4.76. The van der Waals surface area contributed by atoms with Crippen LogP contribution >= 0.6 is 0 Å². The molecule has 0 unspecified atom stereocenters. The number of methoxy groups -OCH3 is 3. The molecule has 0 amide bonds. The molecule has 6 nitrogen and oxygen atoms in total. The number of carbonyl (C=O) groups is 1. The molecule has 3 aromatic carbocycles. The number of piperidine rings is 1.